The minimum absolute atomic E-state index is 0.0459. The standard InChI is InChI=1S/C21H22N2O4/c1-16(2)21(24)27-14-6-13-22-20(15-17-7-4-3-5-8-17)18-9-11-19(12-10-18)23(25)26/h3-5,7-12H,1,6,13-15H2,2H3. The number of carbonyl (C=O) groups excluding carboxylic acids is 1. The molecule has 0 aromatic heterocycles. The van der Waals surface area contributed by atoms with E-state index in [1.54, 1.807) is 19.1 Å². The third-order valence-electron chi connectivity index (χ3n) is 3.81. The van der Waals surface area contributed by atoms with E-state index in [4.69, 9.17) is 4.74 Å². The summed E-state index contributed by atoms with van der Waals surface area (Å²) in [6.07, 6.45) is 1.20. The molecule has 2 rings (SSSR count). The molecule has 6 heteroatoms. The fourth-order valence-corrected chi connectivity index (χ4v) is 2.38. The van der Waals surface area contributed by atoms with Crippen molar-refractivity contribution < 1.29 is 14.5 Å². The summed E-state index contributed by atoms with van der Waals surface area (Å²) < 4.78 is 5.07. The molecule has 0 spiro atoms. The van der Waals surface area contributed by atoms with Crippen molar-refractivity contribution in [2.45, 2.75) is 19.8 Å². The molecule has 0 heterocycles. The molecular weight excluding hydrogens is 344 g/mol. The first-order valence-electron chi connectivity index (χ1n) is 8.62. The largest absolute Gasteiger partial charge is 0.462 e. The van der Waals surface area contributed by atoms with Gasteiger partial charge in [-0.1, -0.05) is 36.9 Å². The van der Waals surface area contributed by atoms with Crippen LogP contribution >= 0.6 is 0 Å². The zero-order valence-electron chi connectivity index (χ0n) is 15.3. The second-order valence-electron chi connectivity index (χ2n) is 6.06. The van der Waals surface area contributed by atoms with Crippen LogP contribution in [-0.2, 0) is 16.0 Å². The Morgan fingerprint density at radius 2 is 1.81 bits per heavy atom. The molecule has 0 bridgehead atoms. The molecule has 27 heavy (non-hydrogen) atoms. The zero-order chi connectivity index (χ0) is 19.6. The summed E-state index contributed by atoms with van der Waals surface area (Å²) in [7, 11) is 0. The second kappa shape index (κ2) is 10.0. The van der Waals surface area contributed by atoms with Crippen molar-refractivity contribution in [1.29, 1.82) is 0 Å². The topological polar surface area (TPSA) is 81.8 Å². The first-order chi connectivity index (χ1) is 13.0. The Labute approximate surface area is 158 Å². The van der Waals surface area contributed by atoms with Gasteiger partial charge in [0.1, 0.15) is 0 Å². The molecule has 140 valence electrons. The van der Waals surface area contributed by atoms with Crippen LogP contribution in [0.2, 0.25) is 0 Å². The lowest BCUT2D eigenvalue weighted by Gasteiger charge is -2.08. The summed E-state index contributed by atoms with van der Waals surface area (Å²) >= 11 is 0. The van der Waals surface area contributed by atoms with Crippen LogP contribution < -0.4 is 0 Å². The molecular formula is C21H22N2O4. The fourth-order valence-electron chi connectivity index (χ4n) is 2.38. The first kappa shape index (κ1) is 20.0. The predicted molar refractivity (Wildman–Crippen MR) is 105 cm³/mol. The predicted octanol–water partition coefficient (Wildman–Crippen LogP) is 4.14. The summed E-state index contributed by atoms with van der Waals surface area (Å²) in [5.41, 5.74) is 3.19. The maximum absolute atomic E-state index is 11.4. The van der Waals surface area contributed by atoms with E-state index < -0.39 is 10.9 Å². The Morgan fingerprint density at radius 3 is 2.41 bits per heavy atom. The number of hydrogen-bond donors (Lipinski definition) is 0. The first-order valence-corrected chi connectivity index (χ1v) is 8.62. The van der Waals surface area contributed by atoms with Gasteiger partial charge in [-0.2, -0.15) is 0 Å². The van der Waals surface area contributed by atoms with Crippen LogP contribution in [0.5, 0.6) is 0 Å². The van der Waals surface area contributed by atoms with Gasteiger partial charge in [-0.05, 0) is 30.2 Å². The number of rotatable bonds is 9. The molecule has 0 aliphatic heterocycles. The third kappa shape index (κ3) is 6.51. The molecule has 2 aromatic carbocycles. The van der Waals surface area contributed by atoms with E-state index in [1.807, 2.05) is 30.3 Å². The van der Waals surface area contributed by atoms with Crippen molar-refractivity contribution in [1.82, 2.24) is 0 Å². The number of nitro groups is 1. The quantitative estimate of drug-likeness (QED) is 0.167. The lowest BCUT2D eigenvalue weighted by molar-refractivity contribution is -0.384. The Kier molecular flexibility index (Phi) is 7.43. The normalized spacial score (nSPS) is 11.1. The summed E-state index contributed by atoms with van der Waals surface area (Å²) in [6, 6.07) is 16.3. The van der Waals surface area contributed by atoms with E-state index in [0.717, 1.165) is 16.8 Å². The molecule has 2 aromatic rings. The van der Waals surface area contributed by atoms with Crippen LogP contribution in [0.3, 0.4) is 0 Å². The van der Waals surface area contributed by atoms with Gasteiger partial charge in [0, 0.05) is 42.8 Å². The minimum Gasteiger partial charge on any atom is -0.462 e. The van der Waals surface area contributed by atoms with Crippen molar-refractivity contribution in [3.8, 4) is 0 Å². The van der Waals surface area contributed by atoms with Gasteiger partial charge in [0.15, 0.2) is 0 Å². The van der Waals surface area contributed by atoms with Gasteiger partial charge in [-0.15, -0.1) is 0 Å². The van der Waals surface area contributed by atoms with Crippen LogP contribution in [0, 0.1) is 10.1 Å². The summed E-state index contributed by atoms with van der Waals surface area (Å²) in [4.78, 5) is 26.4. The van der Waals surface area contributed by atoms with Crippen LogP contribution in [0.25, 0.3) is 0 Å². The molecule has 0 fully saturated rings. The average Bonchev–Trinajstić information content (AvgIpc) is 2.67. The van der Waals surface area contributed by atoms with Gasteiger partial charge < -0.3 is 4.74 Å². The maximum atomic E-state index is 11.4. The van der Waals surface area contributed by atoms with Crippen molar-refractivity contribution in [3.63, 3.8) is 0 Å². The maximum Gasteiger partial charge on any atom is 0.333 e. The van der Waals surface area contributed by atoms with E-state index in [-0.39, 0.29) is 12.3 Å². The van der Waals surface area contributed by atoms with Crippen molar-refractivity contribution in [2.75, 3.05) is 13.2 Å². The molecule has 0 N–H and O–H groups in total. The van der Waals surface area contributed by atoms with Crippen LogP contribution in [0.1, 0.15) is 24.5 Å². The fraction of sp³-hybridized carbons (Fsp3) is 0.238. The number of esters is 1. The highest BCUT2D eigenvalue weighted by atomic mass is 16.6. The lowest BCUT2D eigenvalue weighted by atomic mass is 10.0. The van der Waals surface area contributed by atoms with E-state index in [1.165, 1.54) is 12.1 Å². The number of carbonyl (C=O) groups is 1. The van der Waals surface area contributed by atoms with Crippen molar-refractivity contribution in [2.24, 2.45) is 4.99 Å². The Morgan fingerprint density at radius 1 is 1.15 bits per heavy atom. The molecule has 0 aliphatic carbocycles. The monoisotopic (exact) mass is 366 g/mol. The highest BCUT2D eigenvalue weighted by Gasteiger charge is 2.09. The Hall–Kier alpha value is -3.28. The molecule has 0 radical (unpaired) electrons. The molecule has 0 saturated heterocycles. The smallest absolute Gasteiger partial charge is 0.333 e. The van der Waals surface area contributed by atoms with Gasteiger partial charge in [-0.3, -0.25) is 15.1 Å². The van der Waals surface area contributed by atoms with E-state index >= 15 is 0 Å². The zero-order valence-corrected chi connectivity index (χ0v) is 15.3. The van der Waals surface area contributed by atoms with Gasteiger partial charge >= 0.3 is 5.97 Å². The molecule has 0 unspecified atom stereocenters. The Bertz CT molecular complexity index is 827. The minimum atomic E-state index is -0.423. The van der Waals surface area contributed by atoms with Crippen LogP contribution in [0.4, 0.5) is 5.69 Å². The van der Waals surface area contributed by atoms with Gasteiger partial charge in [0.2, 0.25) is 0 Å². The van der Waals surface area contributed by atoms with Gasteiger partial charge in [0.25, 0.3) is 5.69 Å². The second-order valence-corrected chi connectivity index (χ2v) is 6.06. The van der Waals surface area contributed by atoms with Crippen LogP contribution in [0.15, 0.2) is 71.7 Å². The van der Waals surface area contributed by atoms with E-state index in [0.29, 0.717) is 25.0 Å². The highest BCUT2D eigenvalue weighted by Crippen LogP contribution is 2.15. The molecule has 0 saturated carbocycles. The summed E-state index contributed by atoms with van der Waals surface area (Å²) in [5, 5.41) is 10.8. The molecule has 6 nitrogen and oxygen atoms in total. The average molecular weight is 366 g/mol. The van der Waals surface area contributed by atoms with E-state index in [2.05, 4.69) is 11.6 Å². The number of nitro benzene ring substituents is 1. The Balaban J connectivity index is 2.08. The lowest BCUT2D eigenvalue weighted by Crippen LogP contribution is -2.09. The SMILES string of the molecule is C=C(C)C(=O)OCCCN=C(Cc1ccccc1)c1ccc([N+](=O)[O-])cc1. The van der Waals surface area contributed by atoms with E-state index in [9.17, 15) is 14.9 Å². The molecule has 0 aliphatic rings. The van der Waals surface area contributed by atoms with Crippen LogP contribution in [-0.4, -0.2) is 29.8 Å². The van der Waals surface area contributed by atoms with Crippen molar-refractivity contribution in [3.05, 3.63) is 88.0 Å². The number of non-ortho nitro benzene ring substituents is 1. The number of nitrogens with zero attached hydrogens (tertiary/aromatic N) is 2. The summed E-state index contributed by atoms with van der Waals surface area (Å²) in [6.45, 7) is 5.90. The third-order valence-corrected chi connectivity index (χ3v) is 3.81. The number of benzene rings is 2. The molecule has 0 atom stereocenters. The number of aliphatic imine (C=N–C) groups is 1. The summed E-state index contributed by atoms with van der Waals surface area (Å²) in [5.74, 6) is -0.404. The molecule has 0 amide bonds. The van der Waals surface area contributed by atoms with Gasteiger partial charge in [0.05, 0.1) is 11.5 Å². The highest BCUT2D eigenvalue weighted by molar-refractivity contribution is 6.02. The number of hydrogen-bond acceptors (Lipinski definition) is 5. The van der Waals surface area contributed by atoms with Crippen molar-refractivity contribution >= 4 is 17.4 Å². The number of ether oxygens (including phenoxy) is 1. The van der Waals surface area contributed by atoms with Gasteiger partial charge in [-0.25, -0.2) is 4.79 Å².